The number of hydrogen-bond donors (Lipinski definition) is 1. The number of thiazole rings is 1. The van der Waals surface area contributed by atoms with E-state index in [1.807, 2.05) is 55.5 Å². The standard InChI is InChI=1S/C19H18N2O2S/c1-12-18(20-13(2)24-12)14-4-6-15(7-5-14)19(22)21-16-8-10-17(23-3)11-9-16/h4-11H,1-3H3,(H,21,22). The van der Waals surface area contributed by atoms with Crippen LogP contribution >= 0.6 is 11.3 Å². The van der Waals surface area contributed by atoms with E-state index in [4.69, 9.17) is 4.74 Å². The van der Waals surface area contributed by atoms with Gasteiger partial charge in [-0.2, -0.15) is 0 Å². The highest BCUT2D eigenvalue weighted by molar-refractivity contribution is 7.11. The van der Waals surface area contributed by atoms with E-state index in [0.29, 0.717) is 5.56 Å². The lowest BCUT2D eigenvalue weighted by atomic mass is 10.1. The number of hydrogen-bond acceptors (Lipinski definition) is 4. The monoisotopic (exact) mass is 338 g/mol. The van der Waals surface area contributed by atoms with Crippen LogP contribution in [0, 0.1) is 13.8 Å². The van der Waals surface area contributed by atoms with Crippen molar-refractivity contribution in [2.24, 2.45) is 0 Å². The van der Waals surface area contributed by atoms with Gasteiger partial charge < -0.3 is 10.1 Å². The van der Waals surface area contributed by atoms with Crippen LogP contribution in [0.5, 0.6) is 5.75 Å². The van der Waals surface area contributed by atoms with Crippen molar-refractivity contribution in [2.45, 2.75) is 13.8 Å². The predicted octanol–water partition coefficient (Wildman–Crippen LogP) is 4.69. The molecule has 0 aliphatic carbocycles. The molecule has 0 saturated carbocycles. The number of benzene rings is 2. The molecule has 3 aromatic rings. The first kappa shape index (κ1) is 16.2. The molecule has 0 saturated heterocycles. The van der Waals surface area contributed by atoms with Crippen molar-refractivity contribution in [3.05, 3.63) is 64.0 Å². The first-order valence-corrected chi connectivity index (χ1v) is 8.38. The topological polar surface area (TPSA) is 51.2 Å². The number of carbonyl (C=O) groups excluding carboxylic acids is 1. The Morgan fingerprint density at radius 1 is 1.04 bits per heavy atom. The average molecular weight is 338 g/mol. The number of anilines is 1. The number of ether oxygens (including phenoxy) is 1. The zero-order valence-electron chi connectivity index (χ0n) is 13.8. The van der Waals surface area contributed by atoms with Crippen LogP contribution in [-0.4, -0.2) is 18.0 Å². The molecular weight excluding hydrogens is 320 g/mol. The molecule has 1 aromatic heterocycles. The number of nitrogens with zero attached hydrogens (tertiary/aromatic N) is 1. The van der Waals surface area contributed by atoms with E-state index in [9.17, 15) is 4.79 Å². The van der Waals surface area contributed by atoms with E-state index in [1.54, 1.807) is 18.4 Å². The van der Waals surface area contributed by atoms with Gasteiger partial charge in [-0.3, -0.25) is 4.79 Å². The molecule has 2 aromatic carbocycles. The molecule has 3 rings (SSSR count). The fraction of sp³-hybridized carbons (Fsp3) is 0.158. The molecule has 24 heavy (non-hydrogen) atoms. The maximum absolute atomic E-state index is 12.3. The molecular formula is C19H18N2O2S. The van der Waals surface area contributed by atoms with E-state index in [-0.39, 0.29) is 5.91 Å². The lowest BCUT2D eigenvalue weighted by Gasteiger charge is -2.07. The van der Waals surface area contributed by atoms with Crippen LogP contribution in [0.3, 0.4) is 0 Å². The molecule has 4 nitrogen and oxygen atoms in total. The number of aryl methyl sites for hydroxylation is 2. The van der Waals surface area contributed by atoms with Gasteiger partial charge in [0.2, 0.25) is 0 Å². The summed E-state index contributed by atoms with van der Waals surface area (Å²) in [5, 5.41) is 3.92. The highest BCUT2D eigenvalue weighted by Gasteiger charge is 2.10. The zero-order valence-corrected chi connectivity index (χ0v) is 14.6. The molecule has 0 spiro atoms. The molecule has 1 heterocycles. The van der Waals surface area contributed by atoms with Gasteiger partial charge in [-0.1, -0.05) is 12.1 Å². The van der Waals surface area contributed by atoms with Gasteiger partial charge in [-0.05, 0) is 50.2 Å². The van der Waals surface area contributed by atoms with Crippen molar-refractivity contribution in [2.75, 3.05) is 12.4 Å². The van der Waals surface area contributed by atoms with Crippen LogP contribution in [0.4, 0.5) is 5.69 Å². The molecule has 5 heteroatoms. The molecule has 0 bridgehead atoms. The second kappa shape index (κ2) is 6.84. The minimum absolute atomic E-state index is 0.141. The fourth-order valence-corrected chi connectivity index (χ4v) is 3.29. The van der Waals surface area contributed by atoms with Crippen molar-refractivity contribution in [1.82, 2.24) is 4.98 Å². The van der Waals surface area contributed by atoms with Gasteiger partial charge >= 0.3 is 0 Å². The smallest absolute Gasteiger partial charge is 0.255 e. The second-order valence-electron chi connectivity index (χ2n) is 5.40. The molecule has 1 amide bonds. The van der Waals surface area contributed by atoms with E-state index in [1.165, 1.54) is 4.88 Å². The summed E-state index contributed by atoms with van der Waals surface area (Å²) in [6.45, 7) is 4.06. The second-order valence-corrected chi connectivity index (χ2v) is 6.80. The minimum atomic E-state index is -0.141. The molecule has 1 N–H and O–H groups in total. The summed E-state index contributed by atoms with van der Waals surface area (Å²) in [4.78, 5) is 18.1. The Morgan fingerprint density at radius 2 is 1.71 bits per heavy atom. The summed E-state index contributed by atoms with van der Waals surface area (Å²) in [5.74, 6) is 0.615. The maximum Gasteiger partial charge on any atom is 0.255 e. The highest BCUT2D eigenvalue weighted by Crippen LogP contribution is 2.27. The lowest BCUT2D eigenvalue weighted by molar-refractivity contribution is 0.102. The van der Waals surface area contributed by atoms with E-state index < -0.39 is 0 Å². The first-order valence-electron chi connectivity index (χ1n) is 7.56. The minimum Gasteiger partial charge on any atom is -0.497 e. The Balaban J connectivity index is 1.74. The van der Waals surface area contributed by atoms with Crippen molar-refractivity contribution in [3.8, 4) is 17.0 Å². The summed E-state index contributed by atoms with van der Waals surface area (Å²) in [7, 11) is 1.61. The van der Waals surface area contributed by atoms with Crippen LogP contribution in [0.1, 0.15) is 20.2 Å². The third kappa shape index (κ3) is 3.46. The van der Waals surface area contributed by atoms with Gasteiger partial charge in [0.05, 0.1) is 17.8 Å². The number of aromatic nitrogens is 1. The Morgan fingerprint density at radius 3 is 2.25 bits per heavy atom. The molecule has 0 radical (unpaired) electrons. The lowest BCUT2D eigenvalue weighted by Crippen LogP contribution is -2.11. The Hall–Kier alpha value is -2.66. The molecule has 0 fully saturated rings. The fourth-order valence-electron chi connectivity index (χ4n) is 2.45. The van der Waals surface area contributed by atoms with Gasteiger partial charge in [0, 0.05) is 21.7 Å². The van der Waals surface area contributed by atoms with Crippen molar-refractivity contribution in [1.29, 1.82) is 0 Å². The Bertz CT molecular complexity index is 852. The van der Waals surface area contributed by atoms with Gasteiger partial charge in [0.1, 0.15) is 5.75 Å². The predicted molar refractivity (Wildman–Crippen MR) is 98.0 cm³/mol. The molecule has 0 aliphatic rings. The molecule has 0 aliphatic heterocycles. The van der Waals surface area contributed by atoms with Gasteiger partial charge in [-0.15, -0.1) is 11.3 Å². The third-order valence-electron chi connectivity index (χ3n) is 3.67. The third-order valence-corrected chi connectivity index (χ3v) is 4.56. The van der Waals surface area contributed by atoms with Crippen LogP contribution in [0.2, 0.25) is 0 Å². The summed E-state index contributed by atoms with van der Waals surface area (Å²) in [6.07, 6.45) is 0. The summed E-state index contributed by atoms with van der Waals surface area (Å²) < 4.78 is 5.11. The largest absolute Gasteiger partial charge is 0.497 e. The van der Waals surface area contributed by atoms with Crippen LogP contribution in [-0.2, 0) is 0 Å². The Kier molecular flexibility index (Phi) is 4.62. The Labute approximate surface area is 145 Å². The van der Waals surface area contributed by atoms with Crippen molar-refractivity contribution in [3.63, 3.8) is 0 Å². The number of rotatable bonds is 4. The number of amides is 1. The van der Waals surface area contributed by atoms with Crippen LogP contribution in [0.15, 0.2) is 48.5 Å². The quantitative estimate of drug-likeness (QED) is 0.751. The summed E-state index contributed by atoms with van der Waals surface area (Å²) in [6, 6.07) is 14.8. The first-order chi connectivity index (χ1) is 11.6. The summed E-state index contributed by atoms with van der Waals surface area (Å²) >= 11 is 1.68. The average Bonchev–Trinajstić information content (AvgIpc) is 2.94. The SMILES string of the molecule is COc1ccc(NC(=O)c2ccc(-c3nc(C)sc3C)cc2)cc1. The highest BCUT2D eigenvalue weighted by atomic mass is 32.1. The van der Waals surface area contributed by atoms with Crippen molar-refractivity contribution >= 4 is 22.9 Å². The number of carbonyl (C=O) groups is 1. The molecule has 0 unspecified atom stereocenters. The summed E-state index contributed by atoms with van der Waals surface area (Å²) in [5.41, 5.74) is 3.35. The molecule has 122 valence electrons. The van der Waals surface area contributed by atoms with Crippen LogP contribution in [0.25, 0.3) is 11.3 Å². The van der Waals surface area contributed by atoms with Gasteiger partial charge in [0.15, 0.2) is 0 Å². The zero-order chi connectivity index (χ0) is 17.1. The normalized spacial score (nSPS) is 10.5. The molecule has 0 atom stereocenters. The maximum atomic E-state index is 12.3. The number of methoxy groups -OCH3 is 1. The van der Waals surface area contributed by atoms with E-state index in [0.717, 1.165) is 27.7 Å². The van der Waals surface area contributed by atoms with Gasteiger partial charge in [-0.25, -0.2) is 4.98 Å². The van der Waals surface area contributed by atoms with E-state index >= 15 is 0 Å². The van der Waals surface area contributed by atoms with Crippen LogP contribution < -0.4 is 10.1 Å². The van der Waals surface area contributed by atoms with Gasteiger partial charge in [0.25, 0.3) is 5.91 Å². The number of nitrogens with one attached hydrogen (secondary N) is 1. The van der Waals surface area contributed by atoms with Crippen molar-refractivity contribution < 1.29 is 9.53 Å². The van der Waals surface area contributed by atoms with E-state index in [2.05, 4.69) is 17.2 Å².